The van der Waals surface area contributed by atoms with E-state index in [1.807, 2.05) is 37.3 Å². The van der Waals surface area contributed by atoms with Gasteiger partial charge in [0.15, 0.2) is 0 Å². The second-order valence-corrected chi connectivity index (χ2v) is 5.87. The van der Waals surface area contributed by atoms with Crippen LogP contribution in [0, 0.1) is 11.8 Å². The lowest BCUT2D eigenvalue weighted by molar-refractivity contribution is -0.137. The largest absolute Gasteiger partial charge is 0.416 e. The Balaban J connectivity index is 1.77. The van der Waals surface area contributed by atoms with Gasteiger partial charge in [-0.3, -0.25) is 0 Å². The summed E-state index contributed by atoms with van der Waals surface area (Å²) in [6, 6.07) is 16.3. The van der Waals surface area contributed by atoms with E-state index in [1.54, 1.807) is 12.3 Å². The molecule has 0 aliphatic carbocycles. The van der Waals surface area contributed by atoms with Crippen LogP contribution < -0.4 is 5.32 Å². The molecular weight excluding hydrogens is 351 g/mol. The van der Waals surface area contributed by atoms with Gasteiger partial charge in [0.1, 0.15) is 5.69 Å². The summed E-state index contributed by atoms with van der Waals surface area (Å²) in [5.41, 5.74) is 1.05. The fourth-order valence-corrected chi connectivity index (χ4v) is 2.43. The molecule has 27 heavy (non-hydrogen) atoms. The lowest BCUT2D eigenvalue weighted by Crippen LogP contribution is -2.09. The number of hydrogen-bond acceptors (Lipinski definition) is 3. The molecule has 3 aromatic rings. The summed E-state index contributed by atoms with van der Waals surface area (Å²) >= 11 is 0. The first-order chi connectivity index (χ1) is 12.9. The van der Waals surface area contributed by atoms with Gasteiger partial charge in [0.25, 0.3) is 0 Å². The van der Waals surface area contributed by atoms with Crippen LogP contribution in [0.5, 0.6) is 0 Å². The highest BCUT2D eigenvalue weighted by Gasteiger charge is 2.30. The second-order valence-electron chi connectivity index (χ2n) is 5.87. The normalized spacial score (nSPS) is 12.0. The van der Waals surface area contributed by atoms with Gasteiger partial charge in [-0.05, 0) is 42.7 Å². The molecule has 1 aromatic heterocycles. The molecule has 2 aromatic carbocycles. The smallest absolute Gasteiger partial charge is 0.348 e. The van der Waals surface area contributed by atoms with E-state index >= 15 is 0 Å². The van der Waals surface area contributed by atoms with Crippen molar-refractivity contribution < 1.29 is 13.2 Å². The molecule has 1 heterocycles. The zero-order chi connectivity index (χ0) is 19.3. The van der Waals surface area contributed by atoms with Crippen LogP contribution in [0.15, 0.2) is 66.9 Å². The van der Waals surface area contributed by atoms with Crippen molar-refractivity contribution in [3.63, 3.8) is 0 Å². The van der Waals surface area contributed by atoms with Crippen molar-refractivity contribution in [3.05, 3.63) is 89.2 Å². The summed E-state index contributed by atoms with van der Waals surface area (Å²) in [4.78, 5) is 8.47. The average Bonchev–Trinajstić information content (AvgIpc) is 2.67. The van der Waals surface area contributed by atoms with E-state index in [0.717, 1.165) is 17.7 Å². The van der Waals surface area contributed by atoms with Crippen molar-refractivity contribution in [1.29, 1.82) is 0 Å². The third-order valence-corrected chi connectivity index (χ3v) is 3.83. The summed E-state index contributed by atoms with van der Waals surface area (Å²) in [6.07, 6.45) is -2.83. The highest BCUT2D eigenvalue weighted by Crippen LogP contribution is 2.29. The SMILES string of the molecule is CC(Nc1nccc(C#Cc2cccc(C(F)(F)F)c2)n1)c1ccccc1. The van der Waals surface area contributed by atoms with E-state index in [4.69, 9.17) is 0 Å². The van der Waals surface area contributed by atoms with Crippen LogP contribution in [-0.2, 0) is 6.18 Å². The Kier molecular flexibility index (Phi) is 5.41. The number of halogens is 3. The van der Waals surface area contributed by atoms with Crippen LogP contribution in [0.25, 0.3) is 0 Å². The number of rotatable bonds is 3. The molecule has 0 spiro atoms. The molecule has 0 saturated heterocycles. The number of benzene rings is 2. The van der Waals surface area contributed by atoms with Crippen molar-refractivity contribution in [3.8, 4) is 11.8 Å². The number of anilines is 1. The third-order valence-electron chi connectivity index (χ3n) is 3.83. The molecule has 0 radical (unpaired) electrons. The summed E-state index contributed by atoms with van der Waals surface area (Å²) in [5.74, 6) is 5.91. The van der Waals surface area contributed by atoms with Gasteiger partial charge in [0, 0.05) is 11.8 Å². The third kappa shape index (κ3) is 5.08. The first kappa shape index (κ1) is 18.5. The van der Waals surface area contributed by atoms with E-state index in [-0.39, 0.29) is 11.6 Å². The van der Waals surface area contributed by atoms with Crippen molar-refractivity contribution in [2.24, 2.45) is 0 Å². The number of alkyl halides is 3. The molecule has 3 rings (SSSR count). The van der Waals surface area contributed by atoms with Crippen LogP contribution in [0.1, 0.15) is 35.3 Å². The highest BCUT2D eigenvalue weighted by molar-refractivity contribution is 5.43. The Morgan fingerprint density at radius 1 is 0.963 bits per heavy atom. The average molecular weight is 367 g/mol. The molecular formula is C21H16F3N3. The van der Waals surface area contributed by atoms with E-state index in [9.17, 15) is 13.2 Å². The topological polar surface area (TPSA) is 37.8 Å². The predicted octanol–water partition coefficient (Wildman–Crippen LogP) is 5.07. The first-order valence-corrected chi connectivity index (χ1v) is 8.25. The van der Waals surface area contributed by atoms with Gasteiger partial charge in [0.05, 0.1) is 11.6 Å². The first-order valence-electron chi connectivity index (χ1n) is 8.25. The Bertz CT molecular complexity index is 973. The van der Waals surface area contributed by atoms with E-state index in [2.05, 4.69) is 27.1 Å². The monoisotopic (exact) mass is 367 g/mol. The van der Waals surface area contributed by atoms with Gasteiger partial charge in [0.2, 0.25) is 5.95 Å². The Morgan fingerprint density at radius 2 is 1.74 bits per heavy atom. The summed E-state index contributed by atoms with van der Waals surface area (Å²) in [5, 5.41) is 3.19. The minimum atomic E-state index is -4.39. The van der Waals surface area contributed by atoms with E-state index in [0.29, 0.717) is 11.6 Å². The summed E-state index contributed by atoms with van der Waals surface area (Å²) in [7, 11) is 0. The molecule has 6 heteroatoms. The van der Waals surface area contributed by atoms with E-state index < -0.39 is 11.7 Å². The zero-order valence-corrected chi connectivity index (χ0v) is 14.5. The molecule has 0 bridgehead atoms. The molecule has 3 nitrogen and oxygen atoms in total. The molecule has 0 amide bonds. The maximum atomic E-state index is 12.8. The van der Waals surface area contributed by atoms with Gasteiger partial charge in [-0.2, -0.15) is 13.2 Å². The lowest BCUT2D eigenvalue weighted by atomic mass is 10.1. The number of nitrogens with one attached hydrogen (secondary N) is 1. The molecule has 1 atom stereocenters. The van der Waals surface area contributed by atoms with Crippen molar-refractivity contribution in [2.75, 3.05) is 5.32 Å². The van der Waals surface area contributed by atoms with Gasteiger partial charge in [-0.15, -0.1) is 0 Å². The molecule has 1 unspecified atom stereocenters. The minimum absolute atomic E-state index is 0.00197. The summed E-state index contributed by atoms with van der Waals surface area (Å²) < 4.78 is 38.3. The van der Waals surface area contributed by atoms with Gasteiger partial charge < -0.3 is 5.32 Å². The lowest BCUT2D eigenvalue weighted by Gasteiger charge is -2.13. The molecule has 0 aliphatic rings. The predicted molar refractivity (Wildman–Crippen MR) is 97.9 cm³/mol. The number of nitrogens with zero attached hydrogens (tertiary/aromatic N) is 2. The van der Waals surface area contributed by atoms with Gasteiger partial charge in [-0.1, -0.05) is 42.3 Å². The molecule has 1 N–H and O–H groups in total. The highest BCUT2D eigenvalue weighted by atomic mass is 19.4. The fourth-order valence-electron chi connectivity index (χ4n) is 2.43. The minimum Gasteiger partial charge on any atom is -0.348 e. The Labute approximate surface area is 155 Å². The Morgan fingerprint density at radius 3 is 2.48 bits per heavy atom. The van der Waals surface area contributed by atoms with E-state index in [1.165, 1.54) is 12.1 Å². The molecule has 0 aliphatic heterocycles. The maximum absolute atomic E-state index is 12.8. The second kappa shape index (κ2) is 7.92. The standard InChI is InChI=1S/C21H16F3N3/c1-15(17-7-3-2-4-8-17)26-20-25-13-12-19(27-20)11-10-16-6-5-9-18(14-16)21(22,23)24/h2-9,12-15H,1H3,(H,25,26,27). The van der Waals surface area contributed by atoms with Gasteiger partial charge >= 0.3 is 6.18 Å². The van der Waals surface area contributed by atoms with Crippen molar-refractivity contribution in [1.82, 2.24) is 9.97 Å². The van der Waals surface area contributed by atoms with Crippen LogP contribution in [0.3, 0.4) is 0 Å². The molecule has 136 valence electrons. The Hall–Kier alpha value is -3.33. The van der Waals surface area contributed by atoms with Crippen molar-refractivity contribution in [2.45, 2.75) is 19.1 Å². The maximum Gasteiger partial charge on any atom is 0.416 e. The molecule has 0 fully saturated rings. The van der Waals surface area contributed by atoms with Crippen LogP contribution in [0.4, 0.5) is 19.1 Å². The molecule has 0 saturated carbocycles. The number of hydrogen-bond donors (Lipinski definition) is 1. The van der Waals surface area contributed by atoms with Crippen LogP contribution >= 0.6 is 0 Å². The summed E-state index contributed by atoms with van der Waals surface area (Å²) in [6.45, 7) is 1.99. The van der Waals surface area contributed by atoms with Crippen LogP contribution in [0.2, 0.25) is 0 Å². The van der Waals surface area contributed by atoms with Gasteiger partial charge in [-0.25, -0.2) is 9.97 Å². The van der Waals surface area contributed by atoms with Crippen LogP contribution in [-0.4, -0.2) is 9.97 Å². The zero-order valence-electron chi connectivity index (χ0n) is 14.5. The van der Waals surface area contributed by atoms with Crippen molar-refractivity contribution >= 4 is 5.95 Å². The number of aromatic nitrogens is 2. The quantitative estimate of drug-likeness (QED) is 0.657. The fraction of sp³-hybridized carbons (Fsp3) is 0.143.